The Kier molecular flexibility index (Phi) is 7.32. The third-order valence-corrected chi connectivity index (χ3v) is 5.39. The molecule has 0 amide bonds. The quantitative estimate of drug-likeness (QED) is 0.188. The van der Waals surface area contributed by atoms with Crippen LogP contribution in [0.4, 0.5) is 0 Å². The van der Waals surface area contributed by atoms with E-state index in [1.54, 1.807) is 6.20 Å². The molecule has 3 aromatic carbocycles. The summed E-state index contributed by atoms with van der Waals surface area (Å²) in [4.78, 5) is 8.82. The van der Waals surface area contributed by atoms with Gasteiger partial charge in [-0.3, -0.25) is 0 Å². The molecule has 0 bridgehead atoms. The number of para-hydroxylation sites is 1. The molecule has 0 unspecified atom stereocenters. The van der Waals surface area contributed by atoms with Gasteiger partial charge in [-0.1, -0.05) is 60.3 Å². The third-order valence-electron chi connectivity index (χ3n) is 5.39. The van der Waals surface area contributed by atoms with Crippen molar-refractivity contribution in [2.75, 3.05) is 0 Å². The number of nitrogens with zero attached hydrogens (tertiary/aromatic N) is 2. The number of hydrogen-bond donors (Lipinski definition) is 0. The zero-order chi connectivity index (χ0) is 22.6. The summed E-state index contributed by atoms with van der Waals surface area (Å²) in [5.41, 5.74) is 7.80. The number of hydrogen-bond acceptors (Lipinski definition) is 3. The van der Waals surface area contributed by atoms with E-state index in [4.69, 9.17) is 4.42 Å². The van der Waals surface area contributed by atoms with Gasteiger partial charge in [-0.05, 0) is 36.5 Å². The molecular formula is C30H22IrN2O-2. The first-order valence-corrected chi connectivity index (χ1v) is 10.8. The van der Waals surface area contributed by atoms with Gasteiger partial charge in [0.1, 0.15) is 5.58 Å². The molecule has 0 N–H and O–H groups in total. The fourth-order valence-corrected chi connectivity index (χ4v) is 3.75. The minimum Gasteiger partial charge on any atom is -0.501 e. The first-order valence-electron chi connectivity index (χ1n) is 10.8. The minimum atomic E-state index is 0. The van der Waals surface area contributed by atoms with Gasteiger partial charge in [0.15, 0.2) is 0 Å². The molecule has 4 heteroatoms. The molecule has 3 heterocycles. The standard InChI is InChI=1S/C18H12NO.C12H10N.Ir/c1-12-6-4-10-16(19-12)15-9-5-8-14-13-7-2-3-11-17(13)20-18(14)15;1-10-5-7-11(8-6-10)12-4-2-3-9-13-12;/h2-8,10-11H,1H3;2-7,9H,1H3;/q2*-1;. The molecule has 0 aliphatic carbocycles. The molecule has 3 aromatic heterocycles. The molecule has 169 valence electrons. The zero-order valence-electron chi connectivity index (χ0n) is 18.9. The molecule has 0 fully saturated rings. The van der Waals surface area contributed by atoms with Crippen LogP contribution in [0.1, 0.15) is 11.3 Å². The van der Waals surface area contributed by atoms with E-state index in [9.17, 15) is 0 Å². The molecule has 0 saturated heterocycles. The summed E-state index contributed by atoms with van der Waals surface area (Å²) in [6.45, 7) is 4.04. The number of pyridine rings is 2. The van der Waals surface area contributed by atoms with Crippen LogP contribution in [0.3, 0.4) is 0 Å². The van der Waals surface area contributed by atoms with Crippen molar-refractivity contribution in [3.63, 3.8) is 0 Å². The van der Waals surface area contributed by atoms with Crippen molar-refractivity contribution >= 4 is 21.9 Å². The van der Waals surface area contributed by atoms with Crippen LogP contribution in [0.5, 0.6) is 0 Å². The van der Waals surface area contributed by atoms with Crippen LogP contribution in [0.15, 0.2) is 102 Å². The van der Waals surface area contributed by atoms with E-state index in [1.165, 1.54) is 5.56 Å². The number of benzene rings is 3. The van der Waals surface area contributed by atoms with Crippen molar-refractivity contribution in [1.29, 1.82) is 0 Å². The van der Waals surface area contributed by atoms with Crippen molar-refractivity contribution in [1.82, 2.24) is 9.97 Å². The average molecular weight is 619 g/mol. The summed E-state index contributed by atoms with van der Waals surface area (Å²) in [5, 5.41) is 2.24. The van der Waals surface area contributed by atoms with Crippen LogP contribution in [0.25, 0.3) is 44.5 Å². The van der Waals surface area contributed by atoms with Gasteiger partial charge >= 0.3 is 0 Å². The summed E-state index contributed by atoms with van der Waals surface area (Å²) in [7, 11) is 0. The maximum atomic E-state index is 6.01. The number of fused-ring (bicyclic) bond motifs is 3. The largest absolute Gasteiger partial charge is 0.501 e. The zero-order valence-corrected chi connectivity index (χ0v) is 21.3. The van der Waals surface area contributed by atoms with Crippen LogP contribution in [0, 0.1) is 26.0 Å². The fourth-order valence-electron chi connectivity index (χ4n) is 3.75. The Bertz CT molecular complexity index is 1520. The topological polar surface area (TPSA) is 38.9 Å². The van der Waals surface area contributed by atoms with Crippen LogP contribution in [-0.4, -0.2) is 9.97 Å². The van der Waals surface area contributed by atoms with Crippen LogP contribution < -0.4 is 0 Å². The fraction of sp³-hybridized carbons (Fsp3) is 0.0667. The summed E-state index contributed by atoms with van der Waals surface area (Å²) in [6, 6.07) is 36.5. The van der Waals surface area contributed by atoms with Crippen LogP contribution >= 0.6 is 0 Å². The van der Waals surface area contributed by atoms with E-state index in [0.29, 0.717) is 0 Å². The van der Waals surface area contributed by atoms with Crippen molar-refractivity contribution in [2.24, 2.45) is 0 Å². The second-order valence-electron chi connectivity index (χ2n) is 7.85. The van der Waals surface area contributed by atoms with Gasteiger partial charge in [-0.15, -0.1) is 53.6 Å². The van der Waals surface area contributed by atoms with Gasteiger partial charge in [0.05, 0.1) is 5.58 Å². The maximum Gasteiger partial charge on any atom is 0.120 e. The van der Waals surface area contributed by atoms with E-state index in [-0.39, 0.29) is 20.1 Å². The first-order chi connectivity index (χ1) is 16.2. The van der Waals surface area contributed by atoms with Crippen LogP contribution in [-0.2, 0) is 20.1 Å². The Balaban J connectivity index is 0.000000171. The maximum absolute atomic E-state index is 6.01. The third kappa shape index (κ3) is 4.99. The second-order valence-corrected chi connectivity index (χ2v) is 7.85. The Hall–Kier alpha value is -3.59. The second kappa shape index (κ2) is 10.6. The molecule has 0 spiro atoms. The Morgan fingerprint density at radius 3 is 2.32 bits per heavy atom. The monoisotopic (exact) mass is 619 g/mol. The number of rotatable bonds is 2. The van der Waals surface area contributed by atoms with E-state index in [1.807, 2.05) is 85.8 Å². The van der Waals surface area contributed by atoms with Gasteiger partial charge < -0.3 is 14.4 Å². The van der Waals surface area contributed by atoms with Gasteiger partial charge in [0.25, 0.3) is 0 Å². The summed E-state index contributed by atoms with van der Waals surface area (Å²) < 4.78 is 6.01. The smallest absolute Gasteiger partial charge is 0.120 e. The Morgan fingerprint density at radius 1 is 0.735 bits per heavy atom. The SMILES string of the molecule is Cc1c[c-]c(-c2ccccn2)cc1.Cc1cccc(-c2[c-]ccc3c2oc2ccccc23)n1.[Ir]. The predicted octanol–water partition coefficient (Wildman–Crippen LogP) is 7.61. The molecule has 6 aromatic rings. The van der Waals surface area contributed by atoms with Gasteiger partial charge in [-0.25, -0.2) is 0 Å². The molecule has 6 rings (SSSR count). The van der Waals surface area contributed by atoms with Crippen LogP contribution in [0.2, 0.25) is 0 Å². The Labute approximate surface area is 212 Å². The number of aromatic nitrogens is 2. The molecular weight excluding hydrogens is 597 g/mol. The summed E-state index contributed by atoms with van der Waals surface area (Å²) >= 11 is 0. The number of aryl methyl sites for hydroxylation is 2. The number of furan rings is 1. The first kappa shape index (κ1) is 23.6. The van der Waals surface area contributed by atoms with Crippen molar-refractivity contribution in [3.8, 4) is 22.5 Å². The molecule has 1 radical (unpaired) electrons. The normalized spacial score (nSPS) is 10.4. The van der Waals surface area contributed by atoms with E-state index in [2.05, 4.69) is 41.2 Å². The van der Waals surface area contributed by atoms with Gasteiger partial charge in [0.2, 0.25) is 0 Å². The molecule has 0 aliphatic rings. The summed E-state index contributed by atoms with van der Waals surface area (Å²) in [6.07, 6.45) is 1.79. The minimum absolute atomic E-state index is 0. The molecule has 0 aliphatic heterocycles. The van der Waals surface area contributed by atoms with E-state index in [0.717, 1.165) is 50.1 Å². The van der Waals surface area contributed by atoms with Gasteiger partial charge in [-0.2, -0.15) is 0 Å². The van der Waals surface area contributed by atoms with Crippen molar-refractivity contribution < 1.29 is 24.5 Å². The molecule has 34 heavy (non-hydrogen) atoms. The van der Waals surface area contributed by atoms with Crippen molar-refractivity contribution in [2.45, 2.75) is 13.8 Å². The van der Waals surface area contributed by atoms with E-state index >= 15 is 0 Å². The Morgan fingerprint density at radius 2 is 1.56 bits per heavy atom. The predicted molar refractivity (Wildman–Crippen MR) is 134 cm³/mol. The van der Waals surface area contributed by atoms with Gasteiger partial charge in [0, 0.05) is 37.4 Å². The summed E-state index contributed by atoms with van der Waals surface area (Å²) in [5.74, 6) is 0. The van der Waals surface area contributed by atoms with Crippen molar-refractivity contribution in [3.05, 3.63) is 121 Å². The molecule has 0 saturated carbocycles. The average Bonchev–Trinajstić information content (AvgIpc) is 3.24. The molecule has 0 atom stereocenters. The van der Waals surface area contributed by atoms with E-state index < -0.39 is 0 Å². The molecule has 3 nitrogen and oxygen atoms in total.